The minimum absolute atomic E-state index is 0.218. The minimum atomic E-state index is -0.944. The number of hydrogen-bond donors (Lipinski definition) is 2. The van der Waals surface area contributed by atoms with E-state index in [4.69, 9.17) is 5.11 Å². The van der Waals surface area contributed by atoms with Gasteiger partial charge in [-0.25, -0.2) is 9.78 Å². The fourth-order valence-corrected chi connectivity index (χ4v) is 1.50. The summed E-state index contributed by atoms with van der Waals surface area (Å²) in [5.41, 5.74) is 0.559. The number of carbonyl (C=O) groups is 1. The molecule has 0 aromatic carbocycles. The van der Waals surface area contributed by atoms with Crippen LogP contribution in [0.2, 0.25) is 0 Å². The highest BCUT2D eigenvalue weighted by molar-refractivity contribution is 5.87. The van der Waals surface area contributed by atoms with Crippen LogP contribution in [0.25, 0.3) is 0 Å². The fraction of sp³-hybridized carbons (Fsp3) is 0.455. The molecule has 1 aromatic rings. The Hall–Kier alpha value is -1.58. The first-order valence-electron chi connectivity index (χ1n) is 4.95. The smallest absolute Gasteiger partial charge is 0.337 e. The molecular formula is C11H14N2O2. The molecule has 0 spiro atoms. The summed E-state index contributed by atoms with van der Waals surface area (Å²) < 4.78 is 0. The molecule has 1 fully saturated rings. The third-order valence-corrected chi connectivity index (χ3v) is 2.85. The summed E-state index contributed by atoms with van der Waals surface area (Å²) >= 11 is 0. The van der Waals surface area contributed by atoms with Gasteiger partial charge in [0.1, 0.15) is 5.82 Å². The van der Waals surface area contributed by atoms with Crippen molar-refractivity contribution in [1.29, 1.82) is 0 Å². The molecule has 1 heterocycles. The van der Waals surface area contributed by atoms with Gasteiger partial charge >= 0.3 is 5.97 Å². The van der Waals surface area contributed by atoms with Crippen molar-refractivity contribution in [2.24, 2.45) is 5.41 Å². The van der Waals surface area contributed by atoms with E-state index in [-0.39, 0.29) is 5.56 Å². The van der Waals surface area contributed by atoms with Crippen molar-refractivity contribution in [2.75, 3.05) is 5.32 Å². The molecule has 80 valence electrons. The number of nitrogens with zero attached hydrogens (tertiary/aromatic N) is 1. The number of aromatic nitrogens is 1. The SMILES string of the molecule is CC1(C)CC1Nc1ccc(C(=O)O)cn1. The van der Waals surface area contributed by atoms with Gasteiger partial charge in [0.15, 0.2) is 0 Å². The maximum absolute atomic E-state index is 10.6. The molecule has 2 rings (SSSR count). The molecular weight excluding hydrogens is 192 g/mol. The third kappa shape index (κ3) is 2.09. The van der Waals surface area contributed by atoms with Crippen LogP contribution in [-0.4, -0.2) is 22.1 Å². The first-order chi connectivity index (χ1) is 6.99. The van der Waals surface area contributed by atoms with Gasteiger partial charge in [-0.3, -0.25) is 0 Å². The van der Waals surface area contributed by atoms with Gasteiger partial charge in [0.2, 0.25) is 0 Å². The van der Waals surface area contributed by atoms with Crippen molar-refractivity contribution in [3.05, 3.63) is 23.9 Å². The van der Waals surface area contributed by atoms with Gasteiger partial charge in [0.05, 0.1) is 5.56 Å². The molecule has 1 saturated carbocycles. The number of nitrogens with one attached hydrogen (secondary N) is 1. The predicted octanol–water partition coefficient (Wildman–Crippen LogP) is 1.99. The Balaban J connectivity index is 2.02. The zero-order valence-electron chi connectivity index (χ0n) is 8.82. The summed E-state index contributed by atoms with van der Waals surface area (Å²) in [6.07, 6.45) is 2.51. The topological polar surface area (TPSA) is 62.2 Å². The second kappa shape index (κ2) is 3.22. The number of hydrogen-bond acceptors (Lipinski definition) is 3. The summed E-state index contributed by atoms with van der Waals surface area (Å²) in [4.78, 5) is 14.6. The zero-order chi connectivity index (χ0) is 11.1. The zero-order valence-corrected chi connectivity index (χ0v) is 8.82. The van der Waals surface area contributed by atoms with Gasteiger partial charge in [0.25, 0.3) is 0 Å². The van der Waals surface area contributed by atoms with Crippen LogP contribution in [0.3, 0.4) is 0 Å². The van der Waals surface area contributed by atoms with E-state index in [9.17, 15) is 4.79 Å². The van der Waals surface area contributed by atoms with Crippen LogP contribution in [0, 0.1) is 5.41 Å². The predicted molar refractivity (Wildman–Crippen MR) is 57.0 cm³/mol. The molecule has 1 aliphatic rings. The Bertz CT molecular complexity index is 384. The van der Waals surface area contributed by atoms with E-state index in [1.54, 1.807) is 12.1 Å². The van der Waals surface area contributed by atoms with Gasteiger partial charge in [-0.1, -0.05) is 13.8 Å². The van der Waals surface area contributed by atoms with E-state index < -0.39 is 5.97 Å². The van der Waals surface area contributed by atoms with Crippen LogP contribution >= 0.6 is 0 Å². The summed E-state index contributed by atoms with van der Waals surface area (Å²) in [5, 5.41) is 12.0. The number of carboxylic acids is 1. The van der Waals surface area contributed by atoms with Gasteiger partial charge in [-0.2, -0.15) is 0 Å². The van der Waals surface area contributed by atoms with E-state index in [1.165, 1.54) is 6.20 Å². The fourth-order valence-electron chi connectivity index (χ4n) is 1.50. The molecule has 2 N–H and O–H groups in total. The van der Waals surface area contributed by atoms with Crippen molar-refractivity contribution in [1.82, 2.24) is 4.98 Å². The highest BCUT2D eigenvalue weighted by Crippen LogP contribution is 2.46. The Morgan fingerprint density at radius 3 is 2.67 bits per heavy atom. The van der Waals surface area contributed by atoms with Crippen molar-refractivity contribution in [3.63, 3.8) is 0 Å². The largest absolute Gasteiger partial charge is 0.478 e. The Kier molecular flexibility index (Phi) is 2.14. The van der Waals surface area contributed by atoms with Gasteiger partial charge in [-0.05, 0) is 24.0 Å². The third-order valence-electron chi connectivity index (χ3n) is 2.85. The van der Waals surface area contributed by atoms with Crippen LogP contribution in [0.4, 0.5) is 5.82 Å². The maximum Gasteiger partial charge on any atom is 0.337 e. The van der Waals surface area contributed by atoms with Gasteiger partial charge in [0, 0.05) is 12.2 Å². The highest BCUT2D eigenvalue weighted by atomic mass is 16.4. The number of rotatable bonds is 3. The van der Waals surface area contributed by atoms with E-state index in [0.29, 0.717) is 11.5 Å². The molecule has 0 radical (unpaired) electrons. The number of pyridine rings is 1. The number of aromatic carboxylic acids is 1. The lowest BCUT2D eigenvalue weighted by Crippen LogP contribution is -2.10. The monoisotopic (exact) mass is 206 g/mol. The first kappa shape index (κ1) is 9.96. The van der Waals surface area contributed by atoms with Crippen LogP contribution in [-0.2, 0) is 0 Å². The lowest BCUT2D eigenvalue weighted by molar-refractivity contribution is 0.0696. The first-order valence-corrected chi connectivity index (χ1v) is 4.95. The number of anilines is 1. The average molecular weight is 206 g/mol. The molecule has 0 amide bonds. The lowest BCUT2D eigenvalue weighted by atomic mass is 10.2. The molecule has 0 saturated heterocycles. The van der Waals surface area contributed by atoms with E-state index >= 15 is 0 Å². The maximum atomic E-state index is 10.6. The van der Waals surface area contributed by atoms with Crippen LogP contribution in [0.15, 0.2) is 18.3 Å². The van der Waals surface area contributed by atoms with Crippen molar-refractivity contribution < 1.29 is 9.90 Å². The quantitative estimate of drug-likeness (QED) is 0.793. The summed E-state index contributed by atoms with van der Waals surface area (Å²) in [7, 11) is 0. The summed E-state index contributed by atoms with van der Waals surface area (Å²) in [5.74, 6) is -0.198. The van der Waals surface area contributed by atoms with Crippen molar-refractivity contribution in [2.45, 2.75) is 26.3 Å². The molecule has 4 heteroatoms. The number of carboxylic acid groups (broad SMARTS) is 1. The van der Waals surface area contributed by atoms with Crippen molar-refractivity contribution >= 4 is 11.8 Å². The van der Waals surface area contributed by atoms with Crippen LogP contribution < -0.4 is 5.32 Å². The van der Waals surface area contributed by atoms with Crippen LogP contribution in [0.1, 0.15) is 30.6 Å². The van der Waals surface area contributed by atoms with Gasteiger partial charge in [-0.15, -0.1) is 0 Å². The molecule has 4 nitrogen and oxygen atoms in total. The molecule has 0 aliphatic heterocycles. The second-order valence-corrected chi connectivity index (χ2v) is 4.63. The average Bonchev–Trinajstić information content (AvgIpc) is 2.74. The molecule has 1 aliphatic carbocycles. The minimum Gasteiger partial charge on any atom is -0.478 e. The standard InChI is InChI=1S/C11H14N2O2/c1-11(2)5-8(11)13-9-4-3-7(6-12-9)10(14)15/h3-4,6,8H,5H2,1-2H3,(H,12,13)(H,14,15). The normalized spacial score (nSPS) is 22.1. The highest BCUT2D eigenvalue weighted by Gasteiger charge is 2.45. The second-order valence-electron chi connectivity index (χ2n) is 4.63. The summed E-state index contributed by atoms with van der Waals surface area (Å²) in [6.45, 7) is 4.38. The molecule has 1 aromatic heterocycles. The molecule has 15 heavy (non-hydrogen) atoms. The Morgan fingerprint density at radius 1 is 1.60 bits per heavy atom. The molecule has 1 unspecified atom stereocenters. The molecule has 0 bridgehead atoms. The van der Waals surface area contributed by atoms with E-state index in [0.717, 1.165) is 12.2 Å². The summed E-state index contributed by atoms with van der Waals surface area (Å²) in [6, 6.07) is 3.73. The Labute approximate surface area is 88.3 Å². The van der Waals surface area contributed by atoms with Crippen LogP contribution in [0.5, 0.6) is 0 Å². The van der Waals surface area contributed by atoms with Crippen molar-refractivity contribution in [3.8, 4) is 0 Å². The van der Waals surface area contributed by atoms with Gasteiger partial charge < -0.3 is 10.4 Å². The van der Waals surface area contributed by atoms with E-state index in [1.807, 2.05) is 0 Å². The lowest BCUT2D eigenvalue weighted by Gasteiger charge is -2.06. The molecule has 1 atom stereocenters. The van der Waals surface area contributed by atoms with E-state index in [2.05, 4.69) is 24.1 Å². The Morgan fingerprint density at radius 2 is 2.27 bits per heavy atom.